The maximum absolute atomic E-state index is 15.0. The molecule has 0 amide bonds. The molecule has 9 nitrogen and oxygen atoms in total. The number of ketones is 1. The number of hydrogen-bond acceptors (Lipinski definition) is 8. The van der Waals surface area contributed by atoms with Crippen LogP contribution in [0.2, 0.25) is 0 Å². The number of hydrogen-bond donors (Lipinski definition) is 1. The van der Waals surface area contributed by atoms with Crippen molar-refractivity contribution in [3.05, 3.63) is 191 Å². The van der Waals surface area contributed by atoms with Gasteiger partial charge in [0.1, 0.15) is 60.6 Å². The predicted octanol–water partition coefficient (Wildman–Crippen LogP) is 8.48. The summed E-state index contributed by atoms with van der Waals surface area (Å²) in [5.41, 5.74) is 3.05. The van der Waals surface area contributed by atoms with Crippen LogP contribution in [-0.2, 0) is 36.0 Å². The van der Waals surface area contributed by atoms with Crippen molar-refractivity contribution in [3.8, 4) is 23.0 Å². The van der Waals surface area contributed by atoms with Gasteiger partial charge in [-0.1, -0.05) is 127 Å². The molecule has 0 unspecified atom stereocenters. The summed E-state index contributed by atoms with van der Waals surface area (Å²) in [5.74, 6) is -2.35. The summed E-state index contributed by atoms with van der Waals surface area (Å²) in [6.45, 7) is -0.260. The fraction of sp³-hybridized carbons (Fsp3) is 0.114. The van der Waals surface area contributed by atoms with E-state index in [-0.39, 0.29) is 66.1 Å². The average molecular weight is 709 g/mol. The van der Waals surface area contributed by atoms with Gasteiger partial charge in [0, 0.05) is 0 Å². The number of ether oxygens (including phenoxy) is 5. The molecule has 0 aliphatic heterocycles. The molecule has 0 aliphatic rings. The Morgan fingerprint density at radius 3 is 1.25 bits per heavy atom. The minimum absolute atomic E-state index is 0.0171. The van der Waals surface area contributed by atoms with Crippen LogP contribution in [0.3, 0.4) is 0 Å². The number of carbonyl (C=O) groups is 3. The summed E-state index contributed by atoms with van der Waals surface area (Å²) >= 11 is 0. The molecule has 266 valence electrons. The topological polar surface area (TPSA) is 118 Å². The molecule has 9 heteroatoms. The molecule has 0 fully saturated rings. The van der Waals surface area contributed by atoms with Gasteiger partial charge in [-0.3, -0.25) is 4.79 Å². The number of carboxylic acids is 1. The Morgan fingerprint density at radius 2 is 0.811 bits per heavy atom. The lowest BCUT2D eigenvalue weighted by atomic mass is 9.97. The highest BCUT2D eigenvalue weighted by Crippen LogP contribution is 2.39. The smallest absolute Gasteiger partial charge is 0.344 e. The molecule has 53 heavy (non-hydrogen) atoms. The van der Waals surface area contributed by atoms with E-state index in [1.54, 1.807) is 18.2 Å². The minimum Gasteiger partial charge on any atom is -0.488 e. The van der Waals surface area contributed by atoms with Gasteiger partial charge in [0.25, 0.3) is 0 Å². The van der Waals surface area contributed by atoms with Crippen LogP contribution in [0.4, 0.5) is 0 Å². The molecule has 0 radical (unpaired) electrons. The molecule has 6 aromatic rings. The Hall–Kier alpha value is -6.87. The lowest BCUT2D eigenvalue weighted by Gasteiger charge is -2.20. The second-order valence-electron chi connectivity index (χ2n) is 11.9. The lowest BCUT2D eigenvalue weighted by molar-refractivity contribution is -0.147. The molecule has 6 aromatic carbocycles. The van der Waals surface area contributed by atoms with E-state index >= 15 is 4.79 Å². The molecule has 1 N–H and O–H groups in total. The van der Waals surface area contributed by atoms with Gasteiger partial charge >= 0.3 is 11.9 Å². The Labute approximate surface area is 306 Å². The first-order valence-electron chi connectivity index (χ1n) is 16.9. The highest BCUT2D eigenvalue weighted by Gasteiger charge is 2.29. The minimum atomic E-state index is -1.23. The zero-order valence-corrected chi connectivity index (χ0v) is 28.7. The first-order chi connectivity index (χ1) is 25.9. The third kappa shape index (κ3) is 9.89. The number of rotatable bonds is 17. The van der Waals surface area contributed by atoms with Crippen molar-refractivity contribution >= 4 is 17.7 Å². The number of esters is 1. The first-order valence-corrected chi connectivity index (χ1v) is 16.9. The van der Waals surface area contributed by atoms with Gasteiger partial charge in [0.15, 0.2) is 6.61 Å². The molecule has 0 atom stereocenters. The number of benzene rings is 6. The van der Waals surface area contributed by atoms with Crippen molar-refractivity contribution in [3.63, 3.8) is 0 Å². The maximum atomic E-state index is 15.0. The lowest BCUT2D eigenvalue weighted by Crippen LogP contribution is -2.17. The normalized spacial score (nSPS) is 10.6. The maximum Gasteiger partial charge on any atom is 0.344 e. The van der Waals surface area contributed by atoms with Crippen LogP contribution < -0.4 is 18.9 Å². The van der Waals surface area contributed by atoms with Gasteiger partial charge in [-0.2, -0.15) is 0 Å². The van der Waals surface area contributed by atoms with Gasteiger partial charge in [-0.25, -0.2) is 9.59 Å². The number of carboxylic acid groups (broad SMARTS) is 1. The van der Waals surface area contributed by atoms with Crippen LogP contribution in [-0.4, -0.2) is 29.4 Å². The van der Waals surface area contributed by atoms with E-state index in [9.17, 15) is 14.7 Å². The molecule has 6 rings (SSSR count). The standard InChI is InChI=1S/C44H36O9/c45-40(53-29-34-20-11-4-12-21-34)30-52-37-23-13-22-36(49-26-31-14-5-1-6-15-31)41(37)43(46)42-38(50-27-32-16-7-2-8-17-32)24-35(44(47)48)25-39(42)51-28-33-18-9-3-10-19-33/h1-25H,26-30H2,(H,47,48). The molecule has 0 bridgehead atoms. The van der Waals surface area contributed by atoms with Crippen LogP contribution in [0, 0.1) is 0 Å². The van der Waals surface area contributed by atoms with Crippen LogP contribution in [0.25, 0.3) is 0 Å². The second-order valence-corrected chi connectivity index (χ2v) is 11.9. The largest absolute Gasteiger partial charge is 0.488 e. The van der Waals surface area contributed by atoms with Crippen molar-refractivity contribution in [1.82, 2.24) is 0 Å². The van der Waals surface area contributed by atoms with Crippen molar-refractivity contribution in [1.29, 1.82) is 0 Å². The molecule has 0 heterocycles. The van der Waals surface area contributed by atoms with Crippen molar-refractivity contribution in [2.24, 2.45) is 0 Å². The molecular weight excluding hydrogens is 672 g/mol. The molecule has 0 saturated carbocycles. The fourth-order valence-corrected chi connectivity index (χ4v) is 5.39. The first kappa shape index (κ1) is 35.9. The van der Waals surface area contributed by atoms with Crippen LogP contribution in [0.15, 0.2) is 152 Å². The van der Waals surface area contributed by atoms with Gasteiger partial charge in [-0.05, 0) is 46.5 Å². The van der Waals surface area contributed by atoms with Crippen molar-refractivity contribution in [2.75, 3.05) is 6.61 Å². The van der Waals surface area contributed by atoms with E-state index < -0.39 is 24.3 Å². The van der Waals surface area contributed by atoms with Gasteiger partial charge in [-0.15, -0.1) is 0 Å². The molecule has 0 spiro atoms. The third-order valence-corrected chi connectivity index (χ3v) is 8.05. The summed E-state index contributed by atoms with van der Waals surface area (Å²) in [6.07, 6.45) is 0. The Balaban J connectivity index is 1.39. The van der Waals surface area contributed by atoms with Crippen LogP contribution >= 0.6 is 0 Å². The van der Waals surface area contributed by atoms with Crippen molar-refractivity contribution in [2.45, 2.75) is 26.4 Å². The van der Waals surface area contributed by atoms with Crippen LogP contribution in [0.1, 0.15) is 48.5 Å². The van der Waals surface area contributed by atoms with E-state index in [2.05, 4.69) is 0 Å². The SMILES string of the molecule is O=C(COc1cccc(OCc2ccccc2)c1C(=O)c1c(OCc2ccccc2)cc(C(=O)O)cc1OCc1ccccc1)OCc1ccccc1. The molecular formula is C44H36O9. The zero-order chi connectivity index (χ0) is 36.8. The molecule has 0 aromatic heterocycles. The molecule has 0 saturated heterocycles. The van der Waals surface area contributed by atoms with Gasteiger partial charge in [0.2, 0.25) is 5.78 Å². The highest BCUT2D eigenvalue weighted by molar-refractivity contribution is 6.16. The molecule has 0 aliphatic carbocycles. The third-order valence-electron chi connectivity index (χ3n) is 8.05. The van der Waals surface area contributed by atoms with E-state index in [4.69, 9.17) is 23.7 Å². The second kappa shape index (κ2) is 17.9. The summed E-state index contributed by atoms with van der Waals surface area (Å²) in [6, 6.07) is 44.6. The van der Waals surface area contributed by atoms with Gasteiger partial charge in [0.05, 0.1) is 5.56 Å². The monoisotopic (exact) mass is 708 g/mol. The average Bonchev–Trinajstić information content (AvgIpc) is 3.20. The fourth-order valence-electron chi connectivity index (χ4n) is 5.39. The number of aromatic carboxylic acids is 1. The zero-order valence-electron chi connectivity index (χ0n) is 28.7. The van der Waals surface area contributed by atoms with E-state index in [0.717, 1.165) is 22.3 Å². The highest BCUT2D eigenvalue weighted by atomic mass is 16.6. The Kier molecular flexibility index (Phi) is 12.1. The predicted molar refractivity (Wildman–Crippen MR) is 197 cm³/mol. The van der Waals surface area contributed by atoms with E-state index in [1.165, 1.54) is 12.1 Å². The summed E-state index contributed by atoms with van der Waals surface area (Å²) < 4.78 is 30.0. The van der Waals surface area contributed by atoms with Crippen molar-refractivity contribution < 1.29 is 43.2 Å². The summed E-state index contributed by atoms with van der Waals surface area (Å²) in [5, 5.41) is 10.1. The Morgan fingerprint density at radius 1 is 0.434 bits per heavy atom. The van der Waals surface area contributed by atoms with E-state index in [1.807, 2.05) is 121 Å². The van der Waals surface area contributed by atoms with E-state index in [0.29, 0.717) is 0 Å². The quantitative estimate of drug-likeness (QED) is 0.0736. The summed E-state index contributed by atoms with van der Waals surface area (Å²) in [4.78, 5) is 40.2. The van der Waals surface area contributed by atoms with Gasteiger partial charge < -0.3 is 28.8 Å². The number of carbonyl (C=O) groups excluding carboxylic acids is 2. The Bertz CT molecular complexity index is 2070. The summed E-state index contributed by atoms with van der Waals surface area (Å²) in [7, 11) is 0. The van der Waals surface area contributed by atoms with Crippen LogP contribution in [0.5, 0.6) is 23.0 Å².